The third-order valence-corrected chi connectivity index (χ3v) is 6.52. The Morgan fingerprint density at radius 3 is 2.54 bits per heavy atom. The Morgan fingerprint density at radius 1 is 1.08 bits per heavy atom. The maximum Gasteiger partial charge on any atom is 0.240 e. The molecule has 2 aliphatic rings. The number of sulfonamides is 1. The summed E-state index contributed by atoms with van der Waals surface area (Å²) in [5, 5.41) is 0. The van der Waals surface area contributed by atoms with Gasteiger partial charge in [-0.2, -0.15) is 0 Å². The summed E-state index contributed by atoms with van der Waals surface area (Å²) in [7, 11) is -3.58. The van der Waals surface area contributed by atoms with Crippen LogP contribution in [0.4, 0.5) is 0 Å². The summed E-state index contributed by atoms with van der Waals surface area (Å²) in [6, 6.07) is 8.16. The third kappa shape index (κ3) is 4.82. The second-order valence-electron chi connectivity index (χ2n) is 6.74. The predicted molar refractivity (Wildman–Crippen MR) is 96.2 cm³/mol. The van der Waals surface area contributed by atoms with Gasteiger partial charge < -0.3 is 14.4 Å². The minimum atomic E-state index is -3.58. The van der Waals surface area contributed by atoms with Gasteiger partial charge in [-0.05, 0) is 31.4 Å². The Bertz CT molecular complexity index is 702. The van der Waals surface area contributed by atoms with Crippen molar-refractivity contribution in [1.29, 1.82) is 0 Å². The van der Waals surface area contributed by atoms with E-state index in [1.165, 1.54) is 12.1 Å². The van der Waals surface area contributed by atoms with Gasteiger partial charge in [0.2, 0.25) is 15.9 Å². The highest BCUT2D eigenvalue weighted by Gasteiger charge is 2.36. The van der Waals surface area contributed by atoms with Crippen molar-refractivity contribution in [2.45, 2.75) is 36.2 Å². The average Bonchev–Trinajstić information content (AvgIpc) is 2.86. The Labute approximate surface area is 154 Å². The van der Waals surface area contributed by atoms with Crippen LogP contribution in [-0.2, 0) is 24.3 Å². The molecule has 0 aliphatic carbocycles. The van der Waals surface area contributed by atoms with Crippen LogP contribution in [0, 0.1) is 0 Å². The summed E-state index contributed by atoms with van der Waals surface area (Å²) in [6.45, 7) is 3.20. The number of hydrogen-bond acceptors (Lipinski definition) is 5. The molecule has 0 atom stereocenters. The lowest BCUT2D eigenvalue weighted by atomic mass is 9.90. The number of rotatable bonds is 5. The Morgan fingerprint density at radius 2 is 1.81 bits per heavy atom. The zero-order valence-electron chi connectivity index (χ0n) is 14.9. The fourth-order valence-electron chi connectivity index (χ4n) is 3.42. The standard InChI is InChI=1S/C18H26N2O5S/c21-17(6-10-19-26(22,23)16-4-2-1-3-5-16)20-11-7-18(25-15-12-20)8-13-24-14-9-18/h1-5,19H,6-15H2. The van der Waals surface area contributed by atoms with Gasteiger partial charge in [-0.3, -0.25) is 4.79 Å². The highest BCUT2D eigenvalue weighted by Crippen LogP contribution is 2.30. The topological polar surface area (TPSA) is 84.9 Å². The van der Waals surface area contributed by atoms with Crippen LogP contribution in [0.15, 0.2) is 35.2 Å². The SMILES string of the molecule is O=C(CCNS(=O)(=O)c1ccccc1)N1CCOC2(CCOCC2)CC1. The van der Waals surface area contributed by atoms with Gasteiger partial charge in [0.05, 0.1) is 17.1 Å². The van der Waals surface area contributed by atoms with E-state index in [0.717, 1.165) is 19.3 Å². The van der Waals surface area contributed by atoms with Crippen LogP contribution in [0.5, 0.6) is 0 Å². The van der Waals surface area contributed by atoms with Crippen molar-refractivity contribution >= 4 is 15.9 Å². The van der Waals surface area contributed by atoms with Crippen molar-refractivity contribution < 1.29 is 22.7 Å². The van der Waals surface area contributed by atoms with Crippen molar-refractivity contribution in [3.05, 3.63) is 30.3 Å². The Hall–Kier alpha value is -1.48. The molecule has 7 nitrogen and oxygen atoms in total. The zero-order chi connectivity index (χ0) is 18.5. The van der Waals surface area contributed by atoms with E-state index in [4.69, 9.17) is 9.47 Å². The first-order chi connectivity index (χ1) is 12.5. The van der Waals surface area contributed by atoms with Crippen molar-refractivity contribution in [3.63, 3.8) is 0 Å². The molecule has 8 heteroatoms. The summed E-state index contributed by atoms with van der Waals surface area (Å²) in [5.74, 6) is -0.0477. The average molecular weight is 382 g/mol. The Kier molecular flexibility index (Phi) is 6.29. The normalized spacial score (nSPS) is 20.7. The van der Waals surface area contributed by atoms with E-state index in [1.807, 2.05) is 0 Å². The number of nitrogens with zero attached hydrogens (tertiary/aromatic N) is 1. The highest BCUT2D eigenvalue weighted by molar-refractivity contribution is 7.89. The first kappa shape index (κ1) is 19.3. The number of carbonyl (C=O) groups excluding carboxylic acids is 1. The summed E-state index contributed by atoms with van der Waals surface area (Å²) >= 11 is 0. The van der Waals surface area contributed by atoms with Gasteiger partial charge in [-0.1, -0.05) is 18.2 Å². The minimum absolute atomic E-state index is 0.0477. The van der Waals surface area contributed by atoms with Gasteiger partial charge in [0, 0.05) is 39.3 Å². The molecule has 1 aromatic rings. The first-order valence-electron chi connectivity index (χ1n) is 9.05. The van der Waals surface area contributed by atoms with Crippen LogP contribution in [0.3, 0.4) is 0 Å². The van der Waals surface area contributed by atoms with E-state index in [0.29, 0.717) is 32.9 Å². The molecule has 2 aliphatic heterocycles. The summed E-state index contributed by atoms with van der Waals surface area (Å²) in [5.41, 5.74) is -0.165. The highest BCUT2D eigenvalue weighted by atomic mass is 32.2. The molecular formula is C18H26N2O5S. The molecule has 0 unspecified atom stereocenters. The molecule has 0 radical (unpaired) electrons. The molecule has 1 spiro atoms. The molecule has 0 bridgehead atoms. The maximum atomic E-state index is 12.5. The van der Waals surface area contributed by atoms with Gasteiger partial charge in [0.1, 0.15) is 0 Å². The van der Waals surface area contributed by atoms with Gasteiger partial charge in [0.15, 0.2) is 0 Å². The van der Waals surface area contributed by atoms with Gasteiger partial charge in [0.25, 0.3) is 0 Å². The van der Waals surface area contributed by atoms with Crippen molar-refractivity contribution in [1.82, 2.24) is 9.62 Å². The minimum Gasteiger partial charge on any atom is -0.381 e. The lowest BCUT2D eigenvalue weighted by Crippen LogP contribution is -2.40. The van der Waals surface area contributed by atoms with Crippen LogP contribution in [0.25, 0.3) is 0 Å². The van der Waals surface area contributed by atoms with E-state index in [1.54, 1.807) is 23.1 Å². The van der Waals surface area contributed by atoms with Crippen LogP contribution < -0.4 is 4.72 Å². The number of benzene rings is 1. The van der Waals surface area contributed by atoms with Gasteiger partial charge in [-0.15, -0.1) is 0 Å². The van der Waals surface area contributed by atoms with Crippen LogP contribution >= 0.6 is 0 Å². The quantitative estimate of drug-likeness (QED) is 0.826. The van der Waals surface area contributed by atoms with E-state index < -0.39 is 10.0 Å². The Balaban J connectivity index is 1.48. The van der Waals surface area contributed by atoms with E-state index >= 15 is 0 Å². The maximum absolute atomic E-state index is 12.5. The molecule has 2 heterocycles. The van der Waals surface area contributed by atoms with Gasteiger partial charge >= 0.3 is 0 Å². The summed E-state index contributed by atoms with van der Waals surface area (Å²) in [6.07, 6.45) is 2.68. The second-order valence-corrected chi connectivity index (χ2v) is 8.50. The van der Waals surface area contributed by atoms with Crippen LogP contribution in [-0.4, -0.2) is 64.3 Å². The fraction of sp³-hybridized carbons (Fsp3) is 0.611. The fourth-order valence-corrected chi connectivity index (χ4v) is 4.47. The number of hydrogen-bond donors (Lipinski definition) is 1. The van der Waals surface area contributed by atoms with Crippen LogP contribution in [0.1, 0.15) is 25.7 Å². The van der Waals surface area contributed by atoms with E-state index in [-0.39, 0.29) is 29.4 Å². The number of carbonyl (C=O) groups is 1. The molecule has 3 rings (SSSR count). The molecule has 144 valence electrons. The number of ether oxygens (including phenoxy) is 2. The summed E-state index contributed by atoms with van der Waals surface area (Å²) < 4.78 is 38.3. The molecule has 2 saturated heterocycles. The van der Waals surface area contributed by atoms with Crippen LogP contribution in [0.2, 0.25) is 0 Å². The molecule has 26 heavy (non-hydrogen) atoms. The molecule has 0 aromatic heterocycles. The largest absolute Gasteiger partial charge is 0.381 e. The van der Waals surface area contributed by atoms with Crippen molar-refractivity contribution in [3.8, 4) is 0 Å². The number of nitrogens with one attached hydrogen (secondary N) is 1. The predicted octanol–water partition coefficient (Wildman–Crippen LogP) is 1.15. The molecule has 0 saturated carbocycles. The van der Waals surface area contributed by atoms with E-state index in [9.17, 15) is 13.2 Å². The third-order valence-electron chi connectivity index (χ3n) is 5.05. The number of amides is 1. The van der Waals surface area contributed by atoms with E-state index in [2.05, 4.69) is 4.72 Å². The molecule has 1 aromatic carbocycles. The zero-order valence-corrected chi connectivity index (χ0v) is 15.7. The molecular weight excluding hydrogens is 356 g/mol. The molecule has 2 fully saturated rings. The van der Waals surface area contributed by atoms with Crippen molar-refractivity contribution in [2.24, 2.45) is 0 Å². The van der Waals surface area contributed by atoms with Gasteiger partial charge in [-0.25, -0.2) is 13.1 Å². The molecule has 1 N–H and O–H groups in total. The lowest BCUT2D eigenvalue weighted by Gasteiger charge is -2.35. The van der Waals surface area contributed by atoms with Crippen molar-refractivity contribution in [2.75, 3.05) is 39.5 Å². The first-order valence-corrected chi connectivity index (χ1v) is 10.5. The summed E-state index contributed by atoms with van der Waals surface area (Å²) in [4.78, 5) is 14.4. The smallest absolute Gasteiger partial charge is 0.240 e. The lowest BCUT2D eigenvalue weighted by molar-refractivity contribution is -0.131. The second kappa shape index (κ2) is 8.47. The monoisotopic (exact) mass is 382 g/mol. The molecule has 1 amide bonds.